The lowest BCUT2D eigenvalue weighted by atomic mass is 9.90. The summed E-state index contributed by atoms with van der Waals surface area (Å²) in [6.07, 6.45) is 7.85. The predicted molar refractivity (Wildman–Crippen MR) is 153 cm³/mol. The quantitative estimate of drug-likeness (QED) is 0.157. The van der Waals surface area contributed by atoms with Gasteiger partial charge in [0.1, 0.15) is 5.92 Å². The van der Waals surface area contributed by atoms with Crippen LogP contribution in [0, 0.1) is 10.1 Å². The number of aliphatic imine (C=N–C) groups is 1. The second kappa shape index (κ2) is 11.6. The zero-order chi connectivity index (χ0) is 28.1. The first-order valence-corrected chi connectivity index (χ1v) is 12.7. The molecule has 0 bridgehead atoms. The average Bonchev–Trinajstić information content (AvgIpc) is 3.58. The lowest BCUT2D eigenvalue weighted by Gasteiger charge is -2.15. The van der Waals surface area contributed by atoms with Gasteiger partial charge in [-0.2, -0.15) is 0 Å². The van der Waals surface area contributed by atoms with Crippen LogP contribution in [0.3, 0.4) is 0 Å². The normalized spacial score (nSPS) is 14.7. The molecule has 0 saturated heterocycles. The Morgan fingerprint density at radius 1 is 1.10 bits per heavy atom. The number of rotatable bonds is 9. The molecule has 0 fully saturated rings. The van der Waals surface area contributed by atoms with Crippen LogP contribution in [0.15, 0.2) is 84.2 Å². The first kappa shape index (κ1) is 26.2. The van der Waals surface area contributed by atoms with Gasteiger partial charge in [0.05, 0.1) is 34.5 Å². The highest BCUT2D eigenvalue weighted by atomic mass is 16.6. The number of nitrogens with one attached hydrogen (secondary N) is 3. The van der Waals surface area contributed by atoms with Gasteiger partial charge in [-0.05, 0) is 47.4 Å². The van der Waals surface area contributed by atoms with E-state index in [1.54, 1.807) is 18.6 Å². The van der Waals surface area contributed by atoms with Crippen molar-refractivity contribution in [2.24, 2.45) is 4.99 Å². The topological polar surface area (TPSA) is 142 Å². The van der Waals surface area contributed by atoms with Gasteiger partial charge in [-0.15, -0.1) is 0 Å². The van der Waals surface area contributed by atoms with Crippen LogP contribution in [0.2, 0.25) is 0 Å². The summed E-state index contributed by atoms with van der Waals surface area (Å²) in [5.74, 6) is -1.22. The number of aromatic amines is 1. The van der Waals surface area contributed by atoms with Gasteiger partial charge >= 0.3 is 0 Å². The zero-order valence-electron chi connectivity index (χ0n) is 21.6. The molecule has 5 rings (SSSR count). The van der Waals surface area contributed by atoms with Crippen molar-refractivity contribution >= 4 is 46.7 Å². The smallest absolute Gasteiger partial charge is 0.269 e. The van der Waals surface area contributed by atoms with Crippen molar-refractivity contribution in [3.8, 4) is 0 Å². The van der Waals surface area contributed by atoms with Gasteiger partial charge in [0.2, 0.25) is 11.8 Å². The summed E-state index contributed by atoms with van der Waals surface area (Å²) in [6.45, 7) is 1.99. The fourth-order valence-corrected chi connectivity index (χ4v) is 4.50. The molecule has 40 heavy (non-hydrogen) atoms. The van der Waals surface area contributed by atoms with Gasteiger partial charge in [-0.1, -0.05) is 42.5 Å². The molecule has 1 aliphatic rings. The number of anilines is 1. The summed E-state index contributed by atoms with van der Waals surface area (Å²) < 4.78 is 0. The van der Waals surface area contributed by atoms with Gasteiger partial charge in [0, 0.05) is 36.9 Å². The Morgan fingerprint density at radius 2 is 1.88 bits per heavy atom. The standard InChI is InChI=1S/C30H26N6O4/c1-19(37)32-15-14-21-2-7-22(8-3-21)29(28-26-16-25(36(39)40)12-13-27(26)35-30(28)38)34-23-9-4-20(5-10-23)6-11-24-17-31-18-33-24/h2-13,16-18,28H,14-15H2,1H3,(H,31,33)(H,32,37)(H,35,38). The van der Waals surface area contributed by atoms with Crippen molar-refractivity contribution in [2.75, 3.05) is 11.9 Å². The Hall–Kier alpha value is -5.38. The van der Waals surface area contributed by atoms with Crippen LogP contribution >= 0.6 is 0 Å². The van der Waals surface area contributed by atoms with Crippen LogP contribution in [0.4, 0.5) is 17.1 Å². The molecule has 200 valence electrons. The van der Waals surface area contributed by atoms with E-state index in [1.165, 1.54) is 19.1 Å². The lowest BCUT2D eigenvalue weighted by molar-refractivity contribution is -0.384. The molecule has 1 aliphatic heterocycles. The number of nitrogens with zero attached hydrogens (tertiary/aromatic N) is 3. The first-order valence-electron chi connectivity index (χ1n) is 12.7. The molecule has 2 amide bonds. The number of aromatic nitrogens is 2. The molecule has 0 radical (unpaired) electrons. The number of carbonyl (C=O) groups excluding carboxylic acids is 2. The van der Waals surface area contributed by atoms with E-state index in [4.69, 9.17) is 4.99 Å². The van der Waals surface area contributed by atoms with Gasteiger partial charge in [0.15, 0.2) is 0 Å². The number of hydrogen-bond acceptors (Lipinski definition) is 6. The van der Waals surface area contributed by atoms with Crippen molar-refractivity contribution in [3.05, 3.63) is 117 Å². The Morgan fingerprint density at radius 3 is 2.55 bits per heavy atom. The minimum Gasteiger partial charge on any atom is -0.356 e. The molecule has 0 spiro atoms. The maximum atomic E-state index is 13.2. The van der Waals surface area contributed by atoms with Gasteiger partial charge in [-0.25, -0.2) is 4.98 Å². The van der Waals surface area contributed by atoms with Crippen LogP contribution in [-0.4, -0.2) is 39.0 Å². The summed E-state index contributed by atoms with van der Waals surface area (Å²) in [5, 5.41) is 17.1. The van der Waals surface area contributed by atoms with E-state index in [-0.39, 0.29) is 17.5 Å². The highest BCUT2D eigenvalue weighted by Gasteiger charge is 2.36. The first-order chi connectivity index (χ1) is 19.4. The molecule has 4 aromatic rings. The summed E-state index contributed by atoms with van der Waals surface area (Å²) in [6, 6.07) is 19.5. The number of nitro groups is 1. The minimum atomic E-state index is -0.833. The molecular weight excluding hydrogens is 508 g/mol. The van der Waals surface area contributed by atoms with E-state index in [0.29, 0.717) is 41.2 Å². The maximum Gasteiger partial charge on any atom is 0.269 e. The van der Waals surface area contributed by atoms with Crippen LogP contribution in [0.1, 0.15) is 40.8 Å². The van der Waals surface area contributed by atoms with Crippen molar-refractivity contribution in [2.45, 2.75) is 19.3 Å². The fraction of sp³-hybridized carbons (Fsp3) is 0.133. The molecule has 3 aromatic carbocycles. The van der Waals surface area contributed by atoms with Crippen molar-refractivity contribution in [1.82, 2.24) is 15.3 Å². The van der Waals surface area contributed by atoms with Crippen molar-refractivity contribution in [1.29, 1.82) is 0 Å². The Kier molecular flexibility index (Phi) is 7.58. The van der Waals surface area contributed by atoms with Gasteiger partial charge < -0.3 is 15.6 Å². The van der Waals surface area contributed by atoms with Crippen molar-refractivity contribution < 1.29 is 14.5 Å². The molecule has 10 nitrogen and oxygen atoms in total. The number of fused-ring (bicyclic) bond motifs is 1. The van der Waals surface area contributed by atoms with Gasteiger partial charge in [0.25, 0.3) is 5.69 Å². The molecule has 1 atom stereocenters. The molecule has 0 aliphatic carbocycles. The second-order valence-corrected chi connectivity index (χ2v) is 9.31. The third-order valence-electron chi connectivity index (χ3n) is 6.51. The van der Waals surface area contributed by atoms with E-state index in [9.17, 15) is 19.7 Å². The highest BCUT2D eigenvalue weighted by Crippen LogP contribution is 2.38. The number of amides is 2. The van der Waals surface area contributed by atoms with E-state index in [0.717, 1.165) is 16.8 Å². The lowest BCUT2D eigenvalue weighted by Crippen LogP contribution is -2.23. The van der Waals surface area contributed by atoms with Crippen LogP contribution < -0.4 is 10.6 Å². The SMILES string of the molecule is CC(=O)NCCc1ccc(C(=Nc2ccc(C=Cc3cnc[nH]3)cc2)C2C(=O)Nc3ccc([N+](=O)[O-])cc32)cc1. The summed E-state index contributed by atoms with van der Waals surface area (Å²) >= 11 is 0. The second-order valence-electron chi connectivity index (χ2n) is 9.31. The van der Waals surface area contributed by atoms with Gasteiger partial charge in [-0.3, -0.25) is 24.7 Å². The van der Waals surface area contributed by atoms with Crippen LogP contribution in [0.25, 0.3) is 12.2 Å². The summed E-state index contributed by atoms with van der Waals surface area (Å²) in [7, 11) is 0. The molecule has 1 unspecified atom stereocenters. The predicted octanol–water partition coefficient (Wildman–Crippen LogP) is 5.02. The van der Waals surface area contributed by atoms with E-state index < -0.39 is 10.8 Å². The molecule has 1 aromatic heterocycles. The van der Waals surface area contributed by atoms with E-state index in [1.807, 2.05) is 60.7 Å². The largest absolute Gasteiger partial charge is 0.356 e. The molecule has 10 heteroatoms. The van der Waals surface area contributed by atoms with Crippen molar-refractivity contribution in [3.63, 3.8) is 0 Å². The molecule has 2 heterocycles. The number of carbonyl (C=O) groups is 2. The Labute approximate surface area is 230 Å². The van der Waals surface area contributed by atoms with Crippen LogP contribution in [-0.2, 0) is 16.0 Å². The van der Waals surface area contributed by atoms with E-state index in [2.05, 4.69) is 20.6 Å². The third kappa shape index (κ3) is 6.02. The number of nitro benzene ring substituents is 1. The number of H-pyrrole nitrogens is 1. The monoisotopic (exact) mass is 534 g/mol. The fourth-order valence-electron chi connectivity index (χ4n) is 4.50. The highest BCUT2D eigenvalue weighted by molar-refractivity contribution is 6.24. The zero-order valence-corrected chi connectivity index (χ0v) is 21.6. The number of imidazole rings is 1. The third-order valence-corrected chi connectivity index (χ3v) is 6.51. The average molecular weight is 535 g/mol. The molecule has 0 saturated carbocycles. The minimum absolute atomic E-state index is 0.0890. The van der Waals surface area contributed by atoms with Crippen LogP contribution in [0.5, 0.6) is 0 Å². The Balaban J connectivity index is 1.50. The molecular formula is C30H26N6O4. The number of non-ortho nitro benzene ring substituents is 1. The summed E-state index contributed by atoms with van der Waals surface area (Å²) in [4.78, 5) is 47.3. The maximum absolute atomic E-state index is 13.2. The Bertz CT molecular complexity index is 1610. The molecule has 3 N–H and O–H groups in total. The summed E-state index contributed by atoms with van der Waals surface area (Å²) in [5.41, 5.74) is 5.61. The number of benzene rings is 3. The van der Waals surface area contributed by atoms with E-state index >= 15 is 0 Å². The number of hydrogen-bond donors (Lipinski definition) is 3.